The number of para-hydroxylation sites is 1. The SMILES string of the molecule is Cc1cc(N2CCCCCC2)nc(N(C)c2ccccc2)n1. The summed E-state index contributed by atoms with van der Waals surface area (Å²) in [6.07, 6.45) is 5.18. The van der Waals surface area contributed by atoms with Gasteiger partial charge in [0.2, 0.25) is 5.95 Å². The first-order valence-electron chi connectivity index (χ1n) is 8.13. The van der Waals surface area contributed by atoms with Crippen molar-refractivity contribution >= 4 is 17.5 Å². The second-order valence-electron chi connectivity index (χ2n) is 5.96. The van der Waals surface area contributed by atoms with Crippen molar-refractivity contribution in [1.82, 2.24) is 9.97 Å². The van der Waals surface area contributed by atoms with Crippen molar-refractivity contribution < 1.29 is 0 Å². The van der Waals surface area contributed by atoms with Crippen LogP contribution in [0, 0.1) is 6.92 Å². The Balaban J connectivity index is 1.89. The van der Waals surface area contributed by atoms with E-state index in [2.05, 4.69) is 28.1 Å². The molecule has 1 aromatic carbocycles. The number of benzene rings is 1. The third-order valence-electron chi connectivity index (χ3n) is 4.20. The molecule has 1 saturated heterocycles. The van der Waals surface area contributed by atoms with E-state index >= 15 is 0 Å². The van der Waals surface area contributed by atoms with Gasteiger partial charge < -0.3 is 9.80 Å². The van der Waals surface area contributed by atoms with Crippen LogP contribution in [-0.2, 0) is 0 Å². The summed E-state index contributed by atoms with van der Waals surface area (Å²) < 4.78 is 0. The van der Waals surface area contributed by atoms with E-state index < -0.39 is 0 Å². The van der Waals surface area contributed by atoms with E-state index in [-0.39, 0.29) is 0 Å². The van der Waals surface area contributed by atoms with E-state index in [1.54, 1.807) is 0 Å². The van der Waals surface area contributed by atoms with E-state index in [1.807, 2.05) is 37.1 Å². The van der Waals surface area contributed by atoms with Crippen LogP contribution in [0.3, 0.4) is 0 Å². The molecule has 116 valence electrons. The van der Waals surface area contributed by atoms with Crippen LogP contribution < -0.4 is 9.80 Å². The lowest BCUT2D eigenvalue weighted by Gasteiger charge is -2.24. The smallest absolute Gasteiger partial charge is 0.231 e. The van der Waals surface area contributed by atoms with Crippen molar-refractivity contribution in [3.05, 3.63) is 42.1 Å². The monoisotopic (exact) mass is 296 g/mol. The summed E-state index contributed by atoms with van der Waals surface area (Å²) in [6.45, 7) is 4.25. The molecule has 0 amide bonds. The molecule has 1 fully saturated rings. The molecule has 0 radical (unpaired) electrons. The van der Waals surface area contributed by atoms with Gasteiger partial charge in [-0.25, -0.2) is 4.98 Å². The van der Waals surface area contributed by atoms with Crippen LogP contribution in [0.25, 0.3) is 0 Å². The molecule has 1 aliphatic heterocycles. The Morgan fingerprint density at radius 1 is 0.955 bits per heavy atom. The van der Waals surface area contributed by atoms with Crippen LogP contribution in [0.5, 0.6) is 0 Å². The second-order valence-corrected chi connectivity index (χ2v) is 5.96. The van der Waals surface area contributed by atoms with Gasteiger partial charge in [0.1, 0.15) is 5.82 Å². The zero-order valence-corrected chi connectivity index (χ0v) is 13.5. The molecular weight excluding hydrogens is 272 g/mol. The highest BCUT2D eigenvalue weighted by molar-refractivity contribution is 5.58. The molecule has 4 heteroatoms. The summed E-state index contributed by atoms with van der Waals surface area (Å²) in [6, 6.07) is 12.4. The fourth-order valence-electron chi connectivity index (χ4n) is 2.92. The fourth-order valence-corrected chi connectivity index (χ4v) is 2.92. The molecule has 2 heterocycles. The molecule has 4 nitrogen and oxygen atoms in total. The van der Waals surface area contributed by atoms with Crippen LogP contribution >= 0.6 is 0 Å². The van der Waals surface area contributed by atoms with Gasteiger partial charge in [0.05, 0.1) is 0 Å². The highest BCUT2D eigenvalue weighted by Crippen LogP contribution is 2.24. The normalized spacial score (nSPS) is 15.5. The topological polar surface area (TPSA) is 32.3 Å². The average molecular weight is 296 g/mol. The van der Waals surface area contributed by atoms with Gasteiger partial charge in [-0.1, -0.05) is 31.0 Å². The number of nitrogens with zero attached hydrogens (tertiary/aromatic N) is 4. The number of hydrogen-bond donors (Lipinski definition) is 0. The molecule has 0 saturated carbocycles. The summed E-state index contributed by atoms with van der Waals surface area (Å²) in [5, 5.41) is 0. The Bertz CT molecular complexity index is 604. The first-order valence-corrected chi connectivity index (χ1v) is 8.13. The van der Waals surface area contributed by atoms with E-state index in [1.165, 1.54) is 25.7 Å². The minimum Gasteiger partial charge on any atom is -0.356 e. The Kier molecular flexibility index (Phi) is 4.56. The summed E-state index contributed by atoms with van der Waals surface area (Å²) >= 11 is 0. The fraction of sp³-hybridized carbons (Fsp3) is 0.444. The number of anilines is 3. The van der Waals surface area contributed by atoms with Gasteiger partial charge in [-0.3, -0.25) is 0 Å². The number of hydrogen-bond acceptors (Lipinski definition) is 4. The zero-order chi connectivity index (χ0) is 15.4. The van der Waals surface area contributed by atoms with Crippen LogP contribution in [-0.4, -0.2) is 30.1 Å². The highest BCUT2D eigenvalue weighted by atomic mass is 15.3. The third-order valence-corrected chi connectivity index (χ3v) is 4.20. The van der Waals surface area contributed by atoms with Crippen molar-refractivity contribution in [2.75, 3.05) is 29.9 Å². The maximum absolute atomic E-state index is 4.82. The molecule has 2 aromatic rings. The Hall–Kier alpha value is -2.10. The molecule has 0 N–H and O–H groups in total. The van der Waals surface area contributed by atoms with Crippen molar-refractivity contribution in [3.63, 3.8) is 0 Å². The minimum atomic E-state index is 0.769. The van der Waals surface area contributed by atoms with Crippen LogP contribution in [0.15, 0.2) is 36.4 Å². The third kappa shape index (κ3) is 3.38. The molecule has 0 atom stereocenters. The molecule has 1 aromatic heterocycles. The van der Waals surface area contributed by atoms with Crippen molar-refractivity contribution in [1.29, 1.82) is 0 Å². The van der Waals surface area contributed by atoms with Crippen LogP contribution in [0.1, 0.15) is 31.4 Å². The first-order chi connectivity index (χ1) is 10.7. The molecule has 0 spiro atoms. The molecule has 1 aliphatic rings. The average Bonchev–Trinajstić information content (AvgIpc) is 2.84. The van der Waals surface area contributed by atoms with Gasteiger partial charge in [-0.15, -0.1) is 0 Å². The molecule has 3 rings (SSSR count). The lowest BCUT2D eigenvalue weighted by atomic mass is 10.2. The van der Waals surface area contributed by atoms with Crippen LogP contribution in [0.2, 0.25) is 0 Å². The Labute approximate surface area is 132 Å². The standard InChI is InChI=1S/C18H24N4/c1-15-14-17(22-12-8-3-4-9-13-22)20-18(19-15)21(2)16-10-6-5-7-11-16/h5-7,10-11,14H,3-4,8-9,12-13H2,1-2H3. The number of aryl methyl sites for hydroxylation is 1. The van der Waals surface area contributed by atoms with Gasteiger partial charge in [-0.05, 0) is 31.9 Å². The Morgan fingerprint density at radius 2 is 1.64 bits per heavy atom. The van der Waals surface area contributed by atoms with Gasteiger partial charge in [0.25, 0.3) is 0 Å². The summed E-state index contributed by atoms with van der Waals surface area (Å²) in [5.74, 6) is 1.83. The largest absolute Gasteiger partial charge is 0.356 e. The van der Waals surface area contributed by atoms with Gasteiger partial charge in [0, 0.05) is 37.6 Å². The van der Waals surface area contributed by atoms with Gasteiger partial charge in [-0.2, -0.15) is 4.98 Å². The molecule has 0 bridgehead atoms. The Morgan fingerprint density at radius 3 is 2.32 bits per heavy atom. The lowest BCUT2D eigenvalue weighted by Crippen LogP contribution is -2.26. The van der Waals surface area contributed by atoms with Gasteiger partial charge >= 0.3 is 0 Å². The summed E-state index contributed by atoms with van der Waals surface area (Å²) in [7, 11) is 2.02. The minimum absolute atomic E-state index is 0.769. The van der Waals surface area contributed by atoms with Crippen molar-refractivity contribution in [2.45, 2.75) is 32.6 Å². The number of aromatic nitrogens is 2. The number of rotatable bonds is 3. The van der Waals surface area contributed by atoms with E-state index in [0.29, 0.717) is 0 Å². The molecule has 0 aliphatic carbocycles. The van der Waals surface area contributed by atoms with Gasteiger partial charge in [0.15, 0.2) is 0 Å². The maximum Gasteiger partial charge on any atom is 0.231 e. The predicted molar refractivity (Wildman–Crippen MR) is 92.0 cm³/mol. The van der Waals surface area contributed by atoms with E-state index in [4.69, 9.17) is 4.98 Å². The molecular formula is C18H24N4. The molecule has 0 unspecified atom stereocenters. The summed E-state index contributed by atoms with van der Waals surface area (Å²) in [4.78, 5) is 13.9. The maximum atomic E-state index is 4.82. The molecule has 22 heavy (non-hydrogen) atoms. The predicted octanol–water partition coefficient (Wildman–Crippen LogP) is 3.93. The zero-order valence-electron chi connectivity index (χ0n) is 13.5. The van der Waals surface area contributed by atoms with E-state index in [0.717, 1.165) is 36.2 Å². The van der Waals surface area contributed by atoms with Crippen molar-refractivity contribution in [2.24, 2.45) is 0 Å². The quantitative estimate of drug-likeness (QED) is 0.859. The lowest BCUT2D eigenvalue weighted by molar-refractivity contribution is 0.726. The second kappa shape index (κ2) is 6.77. The highest BCUT2D eigenvalue weighted by Gasteiger charge is 2.15. The van der Waals surface area contributed by atoms with Crippen LogP contribution in [0.4, 0.5) is 17.5 Å². The van der Waals surface area contributed by atoms with Crippen molar-refractivity contribution in [3.8, 4) is 0 Å². The van der Waals surface area contributed by atoms with E-state index in [9.17, 15) is 0 Å². The first kappa shape index (κ1) is 14.8. The summed E-state index contributed by atoms with van der Waals surface area (Å²) in [5.41, 5.74) is 2.13.